The van der Waals surface area contributed by atoms with Crippen LogP contribution in [0.4, 0.5) is 4.39 Å². The lowest BCUT2D eigenvalue weighted by molar-refractivity contribution is 0.349. The predicted molar refractivity (Wildman–Crippen MR) is 73.3 cm³/mol. The smallest absolute Gasteiger partial charge is 0.163 e. The Bertz CT molecular complexity index is 432. The zero-order chi connectivity index (χ0) is 13.8. The first-order valence-corrected chi connectivity index (χ1v) is 6.84. The van der Waals surface area contributed by atoms with Crippen molar-refractivity contribution in [3.8, 4) is 11.5 Å². The Labute approximate surface area is 114 Å². The summed E-state index contributed by atoms with van der Waals surface area (Å²) in [6.07, 6.45) is 3.51. The molecule has 1 atom stereocenters. The molecule has 1 aromatic rings. The van der Waals surface area contributed by atoms with E-state index in [0.29, 0.717) is 17.1 Å². The second-order valence-corrected chi connectivity index (χ2v) is 5.02. The molecule has 1 saturated carbocycles. The maximum Gasteiger partial charge on any atom is 0.163 e. The second kappa shape index (κ2) is 6.24. The van der Waals surface area contributed by atoms with Crippen LogP contribution in [0.3, 0.4) is 0 Å². The molecule has 1 unspecified atom stereocenters. The fourth-order valence-electron chi connectivity index (χ4n) is 2.39. The lowest BCUT2D eigenvalue weighted by Crippen LogP contribution is -2.22. The van der Waals surface area contributed by atoms with Crippen LogP contribution in [0.1, 0.15) is 37.8 Å². The zero-order valence-corrected chi connectivity index (χ0v) is 11.8. The van der Waals surface area contributed by atoms with Gasteiger partial charge in [-0.1, -0.05) is 19.8 Å². The van der Waals surface area contributed by atoms with Crippen molar-refractivity contribution in [2.24, 2.45) is 5.92 Å². The van der Waals surface area contributed by atoms with E-state index in [1.165, 1.54) is 26.0 Å². The Morgan fingerprint density at radius 1 is 1.26 bits per heavy atom. The Morgan fingerprint density at radius 3 is 2.42 bits per heavy atom. The molecule has 1 aromatic carbocycles. The molecule has 1 N–H and O–H groups in total. The third-order valence-corrected chi connectivity index (χ3v) is 3.59. The lowest BCUT2D eigenvalue weighted by Gasteiger charge is -2.20. The molecule has 0 aromatic heterocycles. The molecule has 1 fully saturated rings. The van der Waals surface area contributed by atoms with E-state index in [1.807, 2.05) is 6.92 Å². The van der Waals surface area contributed by atoms with E-state index in [2.05, 4.69) is 5.32 Å². The highest BCUT2D eigenvalue weighted by Crippen LogP contribution is 2.40. The van der Waals surface area contributed by atoms with Gasteiger partial charge in [-0.3, -0.25) is 0 Å². The van der Waals surface area contributed by atoms with Gasteiger partial charge in [0.05, 0.1) is 14.2 Å². The van der Waals surface area contributed by atoms with Crippen LogP contribution in [-0.4, -0.2) is 20.8 Å². The minimum absolute atomic E-state index is 0.0531. The molecule has 0 radical (unpaired) electrons. The van der Waals surface area contributed by atoms with Gasteiger partial charge < -0.3 is 14.8 Å². The maximum absolute atomic E-state index is 14.2. The minimum atomic E-state index is -0.232. The van der Waals surface area contributed by atoms with Crippen molar-refractivity contribution in [2.75, 3.05) is 20.8 Å². The summed E-state index contributed by atoms with van der Waals surface area (Å²) in [7, 11) is 3.09. The van der Waals surface area contributed by atoms with Crippen molar-refractivity contribution in [1.29, 1.82) is 0 Å². The molecule has 0 heterocycles. The van der Waals surface area contributed by atoms with Gasteiger partial charge in [0.15, 0.2) is 11.5 Å². The monoisotopic (exact) mass is 267 g/mol. The average molecular weight is 267 g/mol. The Balaban J connectivity index is 2.28. The summed E-state index contributed by atoms with van der Waals surface area (Å²) in [6, 6.07) is 3.22. The molecule has 1 aliphatic rings. The van der Waals surface area contributed by atoms with Crippen molar-refractivity contribution < 1.29 is 13.9 Å². The van der Waals surface area contributed by atoms with Crippen LogP contribution in [0.15, 0.2) is 12.1 Å². The molecule has 0 bridgehead atoms. The van der Waals surface area contributed by atoms with Crippen molar-refractivity contribution >= 4 is 0 Å². The fraction of sp³-hybridized carbons (Fsp3) is 0.600. The second-order valence-electron chi connectivity index (χ2n) is 5.02. The molecule has 4 heteroatoms. The van der Waals surface area contributed by atoms with Crippen LogP contribution in [-0.2, 0) is 0 Å². The van der Waals surface area contributed by atoms with E-state index in [1.54, 1.807) is 13.2 Å². The average Bonchev–Trinajstić information content (AvgIpc) is 3.22. The number of nitrogens with one attached hydrogen (secondary N) is 1. The van der Waals surface area contributed by atoms with Crippen molar-refractivity contribution in [3.05, 3.63) is 23.5 Å². The summed E-state index contributed by atoms with van der Waals surface area (Å²) in [5.74, 6) is 1.52. The number of hydrogen-bond acceptors (Lipinski definition) is 3. The normalized spacial score (nSPS) is 16.2. The van der Waals surface area contributed by atoms with Crippen LogP contribution >= 0.6 is 0 Å². The third-order valence-electron chi connectivity index (χ3n) is 3.59. The third kappa shape index (κ3) is 3.38. The molecule has 106 valence electrons. The molecule has 0 aliphatic heterocycles. The number of halogens is 1. The van der Waals surface area contributed by atoms with Crippen LogP contribution in [0.5, 0.6) is 11.5 Å². The van der Waals surface area contributed by atoms with Gasteiger partial charge in [-0.25, -0.2) is 4.39 Å². The summed E-state index contributed by atoms with van der Waals surface area (Å²) in [6.45, 7) is 2.86. The maximum atomic E-state index is 14.2. The summed E-state index contributed by atoms with van der Waals surface area (Å²) >= 11 is 0. The summed E-state index contributed by atoms with van der Waals surface area (Å²) < 4.78 is 24.6. The highest BCUT2D eigenvalue weighted by molar-refractivity contribution is 5.44. The van der Waals surface area contributed by atoms with Gasteiger partial charge in [0.1, 0.15) is 5.82 Å². The minimum Gasteiger partial charge on any atom is -0.493 e. The summed E-state index contributed by atoms with van der Waals surface area (Å²) in [5.41, 5.74) is 0.673. The van der Waals surface area contributed by atoms with Crippen molar-refractivity contribution in [1.82, 2.24) is 5.32 Å². The molecule has 3 nitrogen and oxygen atoms in total. The fourth-order valence-corrected chi connectivity index (χ4v) is 2.39. The van der Waals surface area contributed by atoms with Gasteiger partial charge in [0.25, 0.3) is 0 Å². The van der Waals surface area contributed by atoms with E-state index in [4.69, 9.17) is 9.47 Å². The molecular formula is C15H22FNO2. The molecular weight excluding hydrogens is 245 g/mol. The molecule has 0 amide bonds. The number of benzene rings is 1. The molecule has 2 rings (SSSR count). The first-order chi connectivity index (χ1) is 9.19. The molecule has 19 heavy (non-hydrogen) atoms. The molecule has 0 saturated heterocycles. The lowest BCUT2D eigenvalue weighted by atomic mass is 10.00. The van der Waals surface area contributed by atoms with E-state index in [9.17, 15) is 4.39 Å². The largest absolute Gasteiger partial charge is 0.493 e. The van der Waals surface area contributed by atoms with Crippen LogP contribution in [0, 0.1) is 11.7 Å². The van der Waals surface area contributed by atoms with Crippen LogP contribution < -0.4 is 14.8 Å². The zero-order valence-electron chi connectivity index (χ0n) is 11.8. The van der Waals surface area contributed by atoms with Crippen LogP contribution in [0.2, 0.25) is 0 Å². The van der Waals surface area contributed by atoms with Gasteiger partial charge in [-0.2, -0.15) is 0 Å². The quantitative estimate of drug-likeness (QED) is 0.822. The first kappa shape index (κ1) is 14.1. The Kier molecular flexibility index (Phi) is 4.64. The van der Waals surface area contributed by atoms with E-state index < -0.39 is 0 Å². The van der Waals surface area contributed by atoms with Gasteiger partial charge in [-0.15, -0.1) is 0 Å². The molecule has 1 aliphatic carbocycles. The van der Waals surface area contributed by atoms with Gasteiger partial charge >= 0.3 is 0 Å². The number of hydrogen-bond donors (Lipinski definition) is 1. The topological polar surface area (TPSA) is 30.5 Å². The Hall–Kier alpha value is -1.29. The summed E-state index contributed by atoms with van der Waals surface area (Å²) in [4.78, 5) is 0. The number of rotatable bonds is 7. The van der Waals surface area contributed by atoms with E-state index in [0.717, 1.165) is 18.9 Å². The first-order valence-electron chi connectivity index (χ1n) is 6.84. The van der Waals surface area contributed by atoms with Gasteiger partial charge in [0.2, 0.25) is 0 Å². The Morgan fingerprint density at radius 2 is 1.89 bits per heavy atom. The highest BCUT2D eigenvalue weighted by Gasteiger charge is 2.28. The van der Waals surface area contributed by atoms with Crippen molar-refractivity contribution in [3.63, 3.8) is 0 Å². The SMILES string of the molecule is CCNC(CC1CC1)c1cc(OC)c(OC)cc1F. The van der Waals surface area contributed by atoms with Gasteiger partial charge in [-0.05, 0) is 24.9 Å². The number of methoxy groups -OCH3 is 2. The molecule has 0 spiro atoms. The van der Waals surface area contributed by atoms with E-state index >= 15 is 0 Å². The van der Waals surface area contributed by atoms with Gasteiger partial charge in [0, 0.05) is 17.7 Å². The number of ether oxygens (including phenoxy) is 2. The summed E-state index contributed by atoms with van der Waals surface area (Å²) in [5, 5.41) is 3.36. The highest BCUT2D eigenvalue weighted by atomic mass is 19.1. The van der Waals surface area contributed by atoms with Crippen LogP contribution in [0.25, 0.3) is 0 Å². The predicted octanol–water partition coefficient (Wildman–Crippen LogP) is 3.29. The van der Waals surface area contributed by atoms with E-state index in [-0.39, 0.29) is 11.9 Å². The standard InChI is InChI=1S/C15H22FNO2/c1-4-17-13(7-10-5-6-10)11-8-14(18-2)15(19-3)9-12(11)16/h8-10,13,17H,4-7H2,1-3H3. The van der Waals surface area contributed by atoms with Crippen molar-refractivity contribution in [2.45, 2.75) is 32.2 Å².